The van der Waals surface area contributed by atoms with E-state index in [-0.39, 0.29) is 29.7 Å². The fourth-order valence-corrected chi connectivity index (χ4v) is 5.30. The highest BCUT2D eigenvalue weighted by molar-refractivity contribution is 7.89. The quantitative estimate of drug-likeness (QED) is 0.684. The number of hydrogen-bond donors (Lipinski definition) is 2. The lowest BCUT2D eigenvalue weighted by atomic mass is 9.71. The molecule has 0 aromatic heterocycles. The lowest BCUT2D eigenvalue weighted by Crippen LogP contribution is -2.45. The average Bonchev–Trinajstić information content (AvgIpc) is 2.58. The second kappa shape index (κ2) is 9.13. The minimum absolute atomic E-state index is 0.0359. The van der Waals surface area contributed by atoms with Gasteiger partial charge in [0, 0.05) is 18.2 Å². The number of amides is 1. The Bertz CT molecular complexity index is 792. The number of methoxy groups -OCH3 is 2. The van der Waals surface area contributed by atoms with Crippen molar-refractivity contribution < 1.29 is 22.7 Å². The predicted molar refractivity (Wildman–Crippen MR) is 109 cm³/mol. The van der Waals surface area contributed by atoms with Gasteiger partial charge in [0.25, 0.3) is 5.91 Å². The summed E-state index contributed by atoms with van der Waals surface area (Å²) >= 11 is 0. The number of ether oxygens (including phenoxy) is 2. The van der Waals surface area contributed by atoms with Gasteiger partial charge in [-0.05, 0) is 48.8 Å². The van der Waals surface area contributed by atoms with Crippen molar-refractivity contribution in [2.24, 2.45) is 11.3 Å². The summed E-state index contributed by atoms with van der Waals surface area (Å²) in [5.74, 6) is 0.941. The minimum Gasteiger partial charge on any atom is -0.493 e. The lowest BCUT2D eigenvalue weighted by molar-refractivity contribution is 0.0955. The summed E-state index contributed by atoms with van der Waals surface area (Å²) < 4.78 is 38.0. The first-order valence-electron chi connectivity index (χ1n) is 9.55. The van der Waals surface area contributed by atoms with E-state index in [1.807, 2.05) is 0 Å². The summed E-state index contributed by atoms with van der Waals surface area (Å²) in [6, 6.07) is 4.75. The van der Waals surface area contributed by atoms with E-state index < -0.39 is 10.0 Å². The van der Waals surface area contributed by atoms with Gasteiger partial charge in [-0.2, -0.15) is 0 Å². The molecule has 1 aromatic rings. The van der Waals surface area contributed by atoms with Crippen LogP contribution in [0.15, 0.2) is 18.2 Å². The number of nitrogens with one attached hydrogen (secondary N) is 2. The molecule has 2 rings (SSSR count). The van der Waals surface area contributed by atoms with Gasteiger partial charge in [0.15, 0.2) is 11.5 Å². The highest BCUT2D eigenvalue weighted by Gasteiger charge is 2.33. The molecule has 0 heterocycles. The van der Waals surface area contributed by atoms with Crippen LogP contribution in [-0.4, -0.2) is 46.9 Å². The second-order valence-electron chi connectivity index (χ2n) is 8.37. The van der Waals surface area contributed by atoms with E-state index in [1.165, 1.54) is 14.2 Å². The Balaban J connectivity index is 1.88. The third-order valence-electron chi connectivity index (χ3n) is 5.04. The van der Waals surface area contributed by atoms with E-state index in [1.54, 1.807) is 18.2 Å². The first-order valence-corrected chi connectivity index (χ1v) is 11.2. The third kappa shape index (κ3) is 6.38. The largest absolute Gasteiger partial charge is 0.493 e. The van der Waals surface area contributed by atoms with Crippen LogP contribution in [0.25, 0.3) is 0 Å². The molecular formula is C20H32N2O5S. The molecule has 0 aliphatic heterocycles. The molecule has 2 N–H and O–H groups in total. The summed E-state index contributed by atoms with van der Waals surface area (Å²) in [5.41, 5.74) is 0.512. The molecule has 1 amide bonds. The summed E-state index contributed by atoms with van der Waals surface area (Å²) in [4.78, 5) is 12.3. The first kappa shape index (κ1) is 22.5. The molecule has 1 saturated carbocycles. The SMILES string of the molecule is COc1ccc(C(=O)NCCS(=O)(=O)N[C@H]2C[C@@H](C)CC(C)(C)C2)cc1OC. The van der Waals surface area contributed by atoms with Crippen LogP contribution in [0.5, 0.6) is 11.5 Å². The van der Waals surface area contributed by atoms with Crippen molar-refractivity contribution in [1.82, 2.24) is 10.0 Å². The van der Waals surface area contributed by atoms with Crippen LogP contribution in [0, 0.1) is 11.3 Å². The van der Waals surface area contributed by atoms with Gasteiger partial charge < -0.3 is 14.8 Å². The highest BCUT2D eigenvalue weighted by atomic mass is 32.2. The van der Waals surface area contributed by atoms with Crippen LogP contribution >= 0.6 is 0 Å². The zero-order valence-electron chi connectivity index (χ0n) is 17.4. The summed E-state index contributed by atoms with van der Waals surface area (Å²) in [6.45, 7) is 6.54. The predicted octanol–water partition coefficient (Wildman–Crippen LogP) is 2.57. The van der Waals surface area contributed by atoms with Gasteiger partial charge in [-0.25, -0.2) is 13.1 Å². The van der Waals surface area contributed by atoms with Crippen LogP contribution in [0.3, 0.4) is 0 Å². The average molecular weight is 413 g/mol. The highest BCUT2D eigenvalue weighted by Crippen LogP contribution is 2.38. The van der Waals surface area contributed by atoms with Crippen molar-refractivity contribution in [3.8, 4) is 11.5 Å². The van der Waals surface area contributed by atoms with Crippen LogP contribution in [-0.2, 0) is 10.0 Å². The Kier molecular flexibility index (Phi) is 7.33. The number of carbonyl (C=O) groups is 1. The van der Waals surface area contributed by atoms with Crippen molar-refractivity contribution in [2.45, 2.75) is 46.1 Å². The van der Waals surface area contributed by atoms with E-state index in [4.69, 9.17) is 9.47 Å². The van der Waals surface area contributed by atoms with Gasteiger partial charge in [0.2, 0.25) is 10.0 Å². The maximum absolute atomic E-state index is 12.4. The van der Waals surface area contributed by atoms with Crippen LogP contribution < -0.4 is 19.5 Å². The third-order valence-corrected chi connectivity index (χ3v) is 6.47. The van der Waals surface area contributed by atoms with Crippen LogP contribution in [0.1, 0.15) is 50.4 Å². The molecule has 158 valence electrons. The molecule has 2 atom stereocenters. The lowest BCUT2D eigenvalue weighted by Gasteiger charge is -2.39. The molecule has 7 nitrogen and oxygen atoms in total. The maximum Gasteiger partial charge on any atom is 0.251 e. The Morgan fingerprint density at radius 1 is 1.18 bits per heavy atom. The van der Waals surface area contributed by atoms with Gasteiger partial charge in [0.05, 0.1) is 20.0 Å². The Hall–Kier alpha value is -1.80. The van der Waals surface area contributed by atoms with Gasteiger partial charge in [0.1, 0.15) is 0 Å². The number of sulfonamides is 1. The number of hydrogen-bond acceptors (Lipinski definition) is 5. The second-order valence-corrected chi connectivity index (χ2v) is 10.2. The molecule has 1 aliphatic rings. The summed E-state index contributed by atoms with van der Waals surface area (Å²) in [7, 11) is -0.457. The molecule has 1 fully saturated rings. The van der Waals surface area contributed by atoms with E-state index in [0.29, 0.717) is 23.0 Å². The molecule has 0 spiro atoms. The van der Waals surface area contributed by atoms with Gasteiger partial charge >= 0.3 is 0 Å². The number of carbonyl (C=O) groups excluding carboxylic acids is 1. The van der Waals surface area contributed by atoms with Crippen molar-refractivity contribution in [3.05, 3.63) is 23.8 Å². The van der Waals surface area contributed by atoms with Crippen molar-refractivity contribution in [1.29, 1.82) is 0 Å². The Labute approximate surface area is 168 Å². The van der Waals surface area contributed by atoms with Crippen LogP contribution in [0.4, 0.5) is 0 Å². The summed E-state index contributed by atoms with van der Waals surface area (Å²) in [5, 5.41) is 2.65. The maximum atomic E-state index is 12.4. The standard InChI is InChI=1S/C20H32N2O5S/c1-14-10-16(13-20(2,3)12-14)22-28(24,25)9-8-21-19(23)15-6-7-17(26-4)18(11-15)27-5/h6-7,11,14,16,22H,8-10,12-13H2,1-5H3,(H,21,23)/t14-,16+/m1/s1. The minimum atomic E-state index is -3.47. The fourth-order valence-electron chi connectivity index (χ4n) is 4.13. The zero-order valence-corrected chi connectivity index (χ0v) is 18.2. The molecule has 1 aromatic carbocycles. The van der Waals surface area contributed by atoms with Crippen molar-refractivity contribution >= 4 is 15.9 Å². The molecule has 0 saturated heterocycles. The van der Waals surface area contributed by atoms with E-state index in [2.05, 4.69) is 30.8 Å². The monoisotopic (exact) mass is 412 g/mol. The Morgan fingerprint density at radius 3 is 2.46 bits per heavy atom. The number of benzene rings is 1. The fraction of sp³-hybridized carbons (Fsp3) is 0.650. The molecule has 8 heteroatoms. The van der Waals surface area contributed by atoms with Crippen LogP contribution in [0.2, 0.25) is 0 Å². The number of rotatable bonds is 8. The normalized spacial score (nSPS) is 21.8. The summed E-state index contributed by atoms with van der Waals surface area (Å²) in [6.07, 6.45) is 2.78. The van der Waals surface area contributed by atoms with E-state index in [0.717, 1.165) is 19.3 Å². The molecule has 0 bridgehead atoms. The van der Waals surface area contributed by atoms with Crippen molar-refractivity contribution in [3.63, 3.8) is 0 Å². The molecule has 0 radical (unpaired) electrons. The Morgan fingerprint density at radius 2 is 1.86 bits per heavy atom. The van der Waals surface area contributed by atoms with Gasteiger partial charge in [-0.15, -0.1) is 0 Å². The smallest absolute Gasteiger partial charge is 0.251 e. The molecular weight excluding hydrogens is 380 g/mol. The molecule has 1 aliphatic carbocycles. The topological polar surface area (TPSA) is 93.7 Å². The first-order chi connectivity index (χ1) is 13.0. The van der Waals surface area contributed by atoms with Crippen molar-refractivity contribution in [2.75, 3.05) is 26.5 Å². The zero-order chi connectivity index (χ0) is 20.9. The van der Waals surface area contributed by atoms with E-state index >= 15 is 0 Å². The molecule has 28 heavy (non-hydrogen) atoms. The van der Waals surface area contributed by atoms with Gasteiger partial charge in [-0.3, -0.25) is 4.79 Å². The van der Waals surface area contributed by atoms with E-state index in [9.17, 15) is 13.2 Å². The van der Waals surface area contributed by atoms with Gasteiger partial charge in [-0.1, -0.05) is 20.8 Å². The molecule has 0 unspecified atom stereocenters.